The van der Waals surface area contributed by atoms with Gasteiger partial charge in [0, 0.05) is 12.2 Å². The SMILES string of the molecule is CCS(=O)(=O)Nc1c[nH+]c(=S)n(-c2ccccc2)c1.[Cl-]. The van der Waals surface area contributed by atoms with Gasteiger partial charge in [-0.2, -0.15) is 4.57 Å². The number of aromatic nitrogens is 2. The van der Waals surface area contributed by atoms with Crippen LogP contribution in [0.5, 0.6) is 0 Å². The second-order valence-electron chi connectivity index (χ2n) is 3.89. The summed E-state index contributed by atoms with van der Waals surface area (Å²) in [4.78, 5) is 2.86. The van der Waals surface area contributed by atoms with Crippen molar-refractivity contribution in [3.05, 3.63) is 47.5 Å². The van der Waals surface area contributed by atoms with E-state index in [2.05, 4.69) is 9.71 Å². The van der Waals surface area contributed by atoms with Gasteiger partial charge in [0.1, 0.15) is 23.8 Å². The molecule has 0 fully saturated rings. The second-order valence-corrected chi connectivity index (χ2v) is 6.29. The highest BCUT2D eigenvalue weighted by molar-refractivity contribution is 7.92. The molecule has 20 heavy (non-hydrogen) atoms. The number of nitrogens with zero attached hydrogens (tertiary/aromatic N) is 1. The highest BCUT2D eigenvalue weighted by Crippen LogP contribution is 2.11. The Morgan fingerprint density at radius 2 is 1.95 bits per heavy atom. The van der Waals surface area contributed by atoms with Crippen LogP contribution in [-0.4, -0.2) is 18.7 Å². The van der Waals surface area contributed by atoms with E-state index >= 15 is 0 Å². The van der Waals surface area contributed by atoms with Crippen LogP contribution >= 0.6 is 12.2 Å². The minimum absolute atomic E-state index is 0. The van der Waals surface area contributed by atoms with Crippen LogP contribution < -0.4 is 22.1 Å². The largest absolute Gasteiger partial charge is 1.00 e. The third kappa shape index (κ3) is 4.03. The predicted molar refractivity (Wildman–Crippen MR) is 76.2 cm³/mol. The third-order valence-corrected chi connectivity index (χ3v) is 4.15. The Labute approximate surface area is 129 Å². The topological polar surface area (TPSA) is 65.2 Å². The molecular formula is C12H14ClN3O2S2. The van der Waals surface area contributed by atoms with Gasteiger partial charge in [0.25, 0.3) is 0 Å². The molecule has 0 bridgehead atoms. The lowest BCUT2D eigenvalue weighted by Crippen LogP contribution is -3.00. The van der Waals surface area contributed by atoms with E-state index in [1.165, 1.54) is 6.20 Å². The van der Waals surface area contributed by atoms with E-state index < -0.39 is 10.0 Å². The summed E-state index contributed by atoms with van der Waals surface area (Å²) in [5.74, 6) is 0.0218. The average molecular weight is 332 g/mol. The van der Waals surface area contributed by atoms with Crippen LogP contribution in [-0.2, 0) is 10.0 Å². The Balaban J connectivity index is 0.00000200. The van der Waals surface area contributed by atoms with Gasteiger partial charge in [-0.25, -0.2) is 13.4 Å². The van der Waals surface area contributed by atoms with Crippen molar-refractivity contribution in [3.8, 4) is 5.69 Å². The summed E-state index contributed by atoms with van der Waals surface area (Å²) in [5.41, 5.74) is 1.31. The lowest BCUT2D eigenvalue weighted by molar-refractivity contribution is -0.392. The van der Waals surface area contributed by atoms with Gasteiger partial charge in [-0.3, -0.25) is 4.72 Å². The van der Waals surface area contributed by atoms with Crippen LogP contribution in [0.2, 0.25) is 0 Å². The lowest BCUT2D eigenvalue weighted by atomic mass is 10.3. The normalized spacial score (nSPS) is 10.7. The molecule has 0 aliphatic rings. The zero-order valence-electron chi connectivity index (χ0n) is 10.7. The summed E-state index contributed by atoms with van der Waals surface area (Å²) in [6, 6.07) is 9.46. The fourth-order valence-electron chi connectivity index (χ4n) is 1.53. The van der Waals surface area contributed by atoms with Gasteiger partial charge in [0.05, 0.1) is 5.75 Å². The van der Waals surface area contributed by atoms with Crippen molar-refractivity contribution in [2.24, 2.45) is 0 Å². The molecule has 0 atom stereocenters. The lowest BCUT2D eigenvalue weighted by Gasteiger charge is -2.05. The van der Waals surface area contributed by atoms with Gasteiger partial charge in [-0.15, -0.1) is 0 Å². The van der Waals surface area contributed by atoms with Crippen molar-refractivity contribution in [1.82, 2.24) is 4.57 Å². The molecule has 0 unspecified atom stereocenters. The van der Waals surface area contributed by atoms with Gasteiger partial charge >= 0.3 is 4.77 Å². The van der Waals surface area contributed by atoms with Crippen molar-refractivity contribution in [2.75, 3.05) is 10.5 Å². The number of hydrogen-bond donors (Lipinski definition) is 1. The molecule has 2 rings (SSSR count). The van der Waals surface area contributed by atoms with Gasteiger partial charge in [-0.1, -0.05) is 18.2 Å². The second kappa shape index (κ2) is 6.83. The van der Waals surface area contributed by atoms with E-state index in [-0.39, 0.29) is 18.2 Å². The first-order valence-corrected chi connectivity index (χ1v) is 7.78. The Kier molecular flexibility index (Phi) is 5.67. The minimum atomic E-state index is -3.30. The van der Waals surface area contributed by atoms with E-state index in [0.717, 1.165) is 5.69 Å². The Bertz CT molecular complexity index is 730. The number of nitrogens with one attached hydrogen (secondary N) is 2. The number of hydrogen-bond acceptors (Lipinski definition) is 3. The van der Waals surface area contributed by atoms with Crippen LogP contribution in [0.15, 0.2) is 42.7 Å². The van der Waals surface area contributed by atoms with Gasteiger partial charge in [0.15, 0.2) is 0 Å². The molecule has 2 aromatic rings. The Hall–Kier alpha value is -1.44. The number of halogens is 1. The molecule has 8 heteroatoms. The fourth-order valence-corrected chi connectivity index (χ4v) is 2.36. The Morgan fingerprint density at radius 1 is 1.30 bits per heavy atom. The maximum atomic E-state index is 11.5. The molecule has 1 aromatic heterocycles. The summed E-state index contributed by atoms with van der Waals surface area (Å²) < 4.78 is 27.8. The molecule has 0 aliphatic heterocycles. The van der Waals surface area contributed by atoms with Crippen LogP contribution in [0.1, 0.15) is 6.92 Å². The smallest absolute Gasteiger partial charge is 0.353 e. The molecule has 1 heterocycles. The number of anilines is 1. The maximum Gasteiger partial charge on any atom is 0.353 e. The first-order valence-electron chi connectivity index (χ1n) is 5.72. The third-order valence-electron chi connectivity index (χ3n) is 2.53. The monoisotopic (exact) mass is 331 g/mol. The molecule has 5 nitrogen and oxygen atoms in total. The molecule has 0 radical (unpaired) electrons. The molecule has 1 aromatic carbocycles. The quantitative estimate of drug-likeness (QED) is 0.715. The summed E-state index contributed by atoms with van der Waals surface area (Å²) in [5, 5.41) is 0. The molecule has 0 spiro atoms. The van der Waals surface area contributed by atoms with Crippen LogP contribution in [0.4, 0.5) is 5.69 Å². The van der Waals surface area contributed by atoms with Crippen molar-refractivity contribution in [3.63, 3.8) is 0 Å². The zero-order valence-corrected chi connectivity index (χ0v) is 13.1. The minimum Gasteiger partial charge on any atom is -1.00 e. The van der Waals surface area contributed by atoms with Crippen molar-refractivity contribution in [2.45, 2.75) is 6.92 Å². The maximum absolute atomic E-state index is 11.5. The molecule has 0 amide bonds. The molecule has 0 saturated heterocycles. The molecule has 0 saturated carbocycles. The Morgan fingerprint density at radius 3 is 2.55 bits per heavy atom. The molecule has 2 N–H and O–H groups in total. The van der Waals surface area contributed by atoms with Crippen LogP contribution in [0.3, 0.4) is 0 Å². The number of aromatic amines is 1. The average Bonchev–Trinajstić information content (AvgIpc) is 2.42. The first-order chi connectivity index (χ1) is 9.02. The molecular weight excluding hydrogens is 318 g/mol. The van der Waals surface area contributed by atoms with E-state index in [4.69, 9.17) is 12.2 Å². The fraction of sp³-hybridized carbons (Fsp3) is 0.167. The molecule has 108 valence electrons. The van der Waals surface area contributed by atoms with E-state index in [1.54, 1.807) is 17.7 Å². The standard InChI is InChI=1S/C12H13N3O2S2.ClH/c1-2-19(16,17)14-10-8-13-12(18)15(9-10)11-6-4-3-5-7-11;/h3-9,14H,2H2,1H3;1H. The summed E-state index contributed by atoms with van der Waals surface area (Å²) in [7, 11) is -3.30. The summed E-state index contributed by atoms with van der Waals surface area (Å²) in [6.45, 7) is 1.58. The van der Waals surface area contributed by atoms with Crippen LogP contribution in [0, 0.1) is 4.77 Å². The van der Waals surface area contributed by atoms with Crippen molar-refractivity contribution in [1.29, 1.82) is 0 Å². The number of benzene rings is 1. The highest BCUT2D eigenvalue weighted by atomic mass is 35.5. The molecule has 0 aliphatic carbocycles. The van der Waals surface area contributed by atoms with E-state index in [1.807, 2.05) is 30.3 Å². The van der Waals surface area contributed by atoms with Crippen LogP contribution in [0.25, 0.3) is 5.69 Å². The van der Waals surface area contributed by atoms with E-state index in [9.17, 15) is 8.42 Å². The van der Waals surface area contributed by atoms with Gasteiger partial charge in [0.2, 0.25) is 10.0 Å². The van der Waals surface area contributed by atoms with Gasteiger partial charge in [-0.05, 0) is 19.1 Å². The zero-order chi connectivity index (χ0) is 13.9. The number of rotatable bonds is 4. The number of para-hydroxylation sites is 1. The highest BCUT2D eigenvalue weighted by Gasteiger charge is 2.11. The number of H-pyrrole nitrogens is 1. The predicted octanol–water partition coefficient (Wildman–Crippen LogP) is -1.21. The first kappa shape index (κ1) is 16.6. The number of sulfonamides is 1. The van der Waals surface area contributed by atoms with Crippen molar-refractivity contribution < 1.29 is 25.8 Å². The van der Waals surface area contributed by atoms with Crippen molar-refractivity contribution >= 4 is 27.9 Å². The summed E-state index contributed by atoms with van der Waals surface area (Å²) in [6.07, 6.45) is 3.19. The van der Waals surface area contributed by atoms with Gasteiger partial charge < -0.3 is 12.4 Å². The van der Waals surface area contributed by atoms with E-state index in [0.29, 0.717) is 10.5 Å². The summed E-state index contributed by atoms with van der Waals surface area (Å²) >= 11 is 5.19.